The van der Waals surface area contributed by atoms with Crippen LogP contribution in [0.25, 0.3) is 11.0 Å². The Morgan fingerprint density at radius 1 is 0.818 bits per heavy atom. The minimum atomic E-state index is -0.660. The minimum absolute atomic E-state index is 0.0342. The van der Waals surface area contributed by atoms with Crippen molar-refractivity contribution in [3.05, 3.63) is 116 Å². The number of hydrogen-bond donors (Lipinski definition) is 1. The van der Waals surface area contributed by atoms with Crippen LogP contribution in [0, 0.1) is 12.7 Å². The van der Waals surface area contributed by atoms with Gasteiger partial charge in [-0.1, -0.05) is 54.1 Å². The Labute approximate surface area is 189 Å². The maximum atomic E-state index is 13.0. The second kappa shape index (κ2) is 9.65. The third kappa shape index (κ3) is 5.09. The maximum absolute atomic E-state index is 13.0. The van der Waals surface area contributed by atoms with Crippen molar-refractivity contribution in [1.82, 2.24) is 14.5 Å². The Kier molecular flexibility index (Phi) is 6.49. The molecule has 7 heteroatoms. The van der Waals surface area contributed by atoms with Gasteiger partial charge in [0.2, 0.25) is 5.91 Å². The third-order valence-corrected chi connectivity index (χ3v) is 5.56. The van der Waals surface area contributed by atoms with Crippen LogP contribution in [0.2, 0.25) is 0 Å². The van der Waals surface area contributed by atoms with Gasteiger partial charge >= 0.3 is 11.1 Å². The lowest BCUT2D eigenvalue weighted by Crippen LogP contribution is -2.42. The number of amides is 1. The summed E-state index contributed by atoms with van der Waals surface area (Å²) in [6, 6.07) is 20.9. The van der Waals surface area contributed by atoms with Gasteiger partial charge in [-0.25, -0.2) is 4.39 Å². The predicted molar refractivity (Wildman–Crippen MR) is 126 cm³/mol. The lowest BCUT2D eigenvalue weighted by molar-refractivity contribution is -0.121. The van der Waals surface area contributed by atoms with Crippen molar-refractivity contribution in [2.45, 2.75) is 33.0 Å². The molecular weight excluding hydrogens is 421 g/mol. The van der Waals surface area contributed by atoms with Crippen molar-refractivity contribution in [3.63, 3.8) is 0 Å². The van der Waals surface area contributed by atoms with E-state index in [-0.39, 0.29) is 37.8 Å². The topological polar surface area (TPSA) is 73.1 Å². The van der Waals surface area contributed by atoms with Crippen LogP contribution >= 0.6 is 0 Å². The summed E-state index contributed by atoms with van der Waals surface area (Å²) in [7, 11) is 0. The predicted octanol–water partition coefficient (Wildman–Crippen LogP) is 3.37. The molecule has 3 aromatic carbocycles. The van der Waals surface area contributed by atoms with Gasteiger partial charge in [0, 0.05) is 19.5 Å². The van der Waals surface area contributed by atoms with Crippen LogP contribution in [0.15, 0.2) is 82.4 Å². The summed E-state index contributed by atoms with van der Waals surface area (Å²) in [6.45, 7) is 2.61. The zero-order chi connectivity index (χ0) is 23.4. The fourth-order valence-electron chi connectivity index (χ4n) is 3.73. The lowest BCUT2D eigenvalue weighted by Gasteiger charge is -2.15. The molecule has 0 aliphatic rings. The van der Waals surface area contributed by atoms with Crippen molar-refractivity contribution >= 4 is 16.9 Å². The summed E-state index contributed by atoms with van der Waals surface area (Å²) in [4.78, 5) is 38.2. The summed E-state index contributed by atoms with van der Waals surface area (Å²) in [6.07, 6.45) is 0.0342. The first-order valence-corrected chi connectivity index (χ1v) is 10.7. The van der Waals surface area contributed by atoms with Gasteiger partial charge in [-0.3, -0.25) is 19.0 Å². The number of fused-ring (bicyclic) bond motifs is 1. The van der Waals surface area contributed by atoms with E-state index in [0.717, 1.165) is 16.7 Å². The van der Waals surface area contributed by atoms with Gasteiger partial charge in [-0.05, 0) is 42.3 Å². The number of halogens is 1. The second-order valence-electron chi connectivity index (χ2n) is 7.98. The molecular formula is C26H24FN3O3. The Morgan fingerprint density at radius 2 is 1.39 bits per heavy atom. The molecule has 0 saturated carbocycles. The molecule has 0 saturated heterocycles. The Hall–Kier alpha value is -4.00. The van der Waals surface area contributed by atoms with E-state index in [1.165, 1.54) is 21.3 Å². The molecule has 0 spiro atoms. The van der Waals surface area contributed by atoms with Crippen LogP contribution < -0.4 is 16.4 Å². The molecule has 6 nitrogen and oxygen atoms in total. The van der Waals surface area contributed by atoms with Crippen molar-refractivity contribution in [2.75, 3.05) is 0 Å². The molecule has 0 aliphatic carbocycles. The number of nitrogens with one attached hydrogen (secondary N) is 1. The van der Waals surface area contributed by atoms with Gasteiger partial charge in [-0.2, -0.15) is 0 Å². The van der Waals surface area contributed by atoms with E-state index in [0.29, 0.717) is 11.0 Å². The van der Waals surface area contributed by atoms with Gasteiger partial charge in [0.1, 0.15) is 5.82 Å². The molecule has 0 radical (unpaired) electrons. The highest BCUT2D eigenvalue weighted by Crippen LogP contribution is 2.13. The number of aromatic nitrogens is 2. The fourth-order valence-corrected chi connectivity index (χ4v) is 3.73. The maximum Gasteiger partial charge on any atom is 0.317 e. The van der Waals surface area contributed by atoms with Crippen molar-refractivity contribution in [2.24, 2.45) is 0 Å². The van der Waals surface area contributed by atoms with E-state index in [1.54, 1.807) is 30.3 Å². The molecule has 1 aromatic heterocycles. The fraction of sp³-hybridized carbons (Fsp3) is 0.192. The van der Waals surface area contributed by atoms with Crippen molar-refractivity contribution in [3.8, 4) is 0 Å². The van der Waals surface area contributed by atoms with Gasteiger partial charge in [0.05, 0.1) is 17.6 Å². The van der Waals surface area contributed by atoms with Crippen LogP contribution in [0.3, 0.4) is 0 Å². The van der Waals surface area contributed by atoms with E-state index in [9.17, 15) is 18.8 Å². The second-order valence-corrected chi connectivity index (χ2v) is 7.98. The van der Waals surface area contributed by atoms with Crippen molar-refractivity contribution in [1.29, 1.82) is 0 Å². The first-order chi connectivity index (χ1) is 15.9. The molecule has 33 heavy (non-hydrogen) atoms. The molecule has 1 heterocycles. The van der Waals surface area contributed by atoms with Gasteiger partial charge in [-0.15, -0.1) is 0 Å². The first kappa shape index (κ1) is 22.2. The van der Waals surface area contributed by atoms with Crippen LogP contribution in [0.1, 0.15) is 23.1 Å². The molecule has 1 N–H and O–H groups in total. The van der Waals surface area contributed by atoms with Crippen LogP contribution in [-0.2, 0) is 24.4 Å². The van der Waals surface area contributed by atoms with Crippen LogP contribution in [0.4, 0.5) is 4.39 Å². The molecule has 1 amide bonds. The normalized spacial score (nSPS) is 11.0. The molecule has 0 unspecified atom stereocenters. The first-order valence-electron chi connectivity index (χ1n) is 10.7. The highest BCUT2D eigenvalue weighted by atomic mass is 19.1. The van der Waals surface area contributed by atoms with E-state index in [2.05, 4.69) is 5.32 Å². The summed E-state index contributed by atoms with van der Waals surface area (Å²) < 4.78 is 15.9. The van der Waals surface area contributed by atoms with Gasteiger partial charge in [0.15, 0.2) is 0 Å². The number of hydrogen-bond acceptors (Lipinski definition) is 3. The highest BCUT2D eigenvalue weighted by molar-refractivity contribution is 5.77. The van der Waals surface area contributed by atoms with Crippen LogP contribution in [-0.4, -0.2) is 15.0 Å². The average Bonchev–Trinajstić information content (AvgIpc) is 2.82. The molecule has 168 valence electrons. The summed E-state index contributed by atoms with van der Waals surface area (Å²) in [5, 5.41) is 2.76. The molecule has 0 atom stereocenters. The Morgan fingerprint density at radius 3 is 2.06 bits per heavy atom. The van der Waals surface area contributed by atoms with Crippen LogP contribution in [0.5, 0.6) is 0 Å². The molecule has 4 aromatic rings. The number of rotatable bonds is 7. The lowest BCUT2D eigenvalue weighted by atomic mass is 10.1. The SMILES string of the molecule is Cc1ccc(Cn2c(=O)c(=O)n(CCC(=O)NCc3ccc(F)cc3)c3ccccc32)cc1. The largest absolute Gasteiger partial charge is 0.352 e. The number of carbonyl (C=O) groups is 1. The van der Waals surface area contributed by atoms with E-state index >= 15 is 0 Å². The van der Waals surface area contributed by atoms with Gasteiger partial charge < -0.3 is 9.88 Å². The third-order valence-electron chi connectivity index (χ3n) is 5.56. The summed E-state index contributed by atoms with van der Waals surface area (Å²) >= 11 is 0. The summed E-state index contributed by atoms with van der Waals surface area (Å²) in [5.74, 6) is -0.604. The smallest absolute Gasteiger partial charge is 0.317 e. The number of carbonyl (C=O) groups excluding carboxylic acids is 1. The monoisotopic (exact) mass is 445 g/mol. The van der Waals surface area contributed by atoms with E-state index in [4.69, 9.17) is 0 Å². The van der Waals surface area contributed by atoms with Crippen molar-refractivity contribution < 1.29 is 9.18 Å². The van der Waals surface area contributed by atoms with E-state index in [1.807, 2.05) is 37.3 Å². The average molecular weight is 445 g/mol. The standard InChI is InChI=1S/C26H24FN3O3/c1-18-6-8-20(9-7-18)17-30-23-5-3-2-4-22(23)29(25(32)26(30)33)15-14-24(31)28-16-19-10-12-21(27)13-11-19/h2-13H,14-17H2,1H3,(H,28,31). The Balaban J connectivity index is 1.55. The number of para-hydroxylation sites is 2. The molecule has 0 bridgehead atoms. The molecule has 0 aliphatic heterocycles. The van der Waals surface area contributed by atoms with E-state index < -0.39 is 11.1 Å². The zero-order valence-electron chi connectivity index (χ0n) is 18.3. The number of nitrogens with zero attached hydrogens (tertiary/aromatic N) is 2. The minimum Gasteiger partial charge on any atom is -0.352 e. The Bertz CT molecular complexity index is 1400. The number of benzene rings is 3. The molecule has 4 rings (SSSR count). The van der Waals surface area contributed by atoms with Gasteiger partial charge in [0.25, 0.3) is 0 Å². The zero-order valence-corrected chi connectivity index (χ0v) is 18.3. The highest BCUT2D eigenvalue weighted by Gasteiger charge is 2.14. The number of aryl methyl sites for hydroxylation is 2. The quantitative estimate of drug-likeness (QED) is 0.444. The summed E-state index contributed by atoms with van der Waals surface area (Å²) in [5.41, 5.74) is 2.75. The molecule has 0 fully saturated rings.